The molecule has 3 rings (SSSR count). The van der Waals surface area contributed by atoms with Crippen LogP contribution in [0, 0.1) is 0 Å². The van der Waals surface area contributed by atoms with Crippen LogP contribution in [0.2, 0.25) is 0 Å². The molecule has 0 aliphatic carbocycles. The maximum Gasteiger partial charge on any atom is 0.245 e. The number of nitrogen functional groups attached to an aromatic ring is 1. The van der Waals surface area contributed by atoms with Gasteiger partial charge in [-0.1, -0.05) is 12.1 Å². The van der Waals surface area contributed by atoms with Crippen molar-refractivity contribution in [1.29, 1.82) is 0 Å². The molecule has 0 saturated carbocycles. The monoisotopic (exact) mass is 213 g/mol. The Morgan fingerprint density at radius 2 is 2.12 bits per heavy atom. The predicted molar refractivity (Wildman–Crippen MR) is 60.6 cm³/mol. The minimum atomic E-state index is 0.651. The number of anilines is 2. The number of hydrogen-bond donors (Lipinski definition) is 1. The van der Waals surface area contributed by atoms with Crippen LogP contribution >= 0.6 is 0 Å². The highest BCUT2D eigenvalue weighted by atomic mass is 15.3. The zero-order valence-corrected chi connectivity index (χ0v) is 8.67. The highest BCUT2D eigenvalue weighted by Gasteiger charge is 2.22. The molecular formula is C11H11N5. The first-order valence-electron chi connectivity index (χ1n) is 5.09. The largest absolute Gasteiger partial charge is 0.398 e. The highest BCUT2D eigenvalue weighted by Crippen LogP contribution is 2.29. The van der Waals surface area contributed by atoms with E-state index < -0.39 is 0 Å². The van der Waals surface area contributed by atoms with Gasteiger partial charge in [-0.15, -0.1) is 5.10 Å². The fourth-order valence-electron chi connectivity index (χ4n) is 1.97. The summed E-state index contributed by atoms with van der Waals surface area (Å²) in [7, 11) is 0. The molecule has 0 spiro atoms. The summed E-state index contributed by atoms with van der Waals surface area (Å²) >= 11 is 0. The first kappa shape index (κ1) is 9.08. The third kappa shape index (κ3) is 1.37. The quantitative estimate of drug-likeness (QED) is 0.715. The topological polar surface area (TPSA) is 67.9 Å². The number of nitrogens with two attached hydrogens (primary N) is 1. The molecule has 2 aromatic rings. The van der Waals surface area contributed by atoms with Crippen molar-refractivity contribution < 1.29 is 0 Å². The Labute approximate surface area is 92.9 Å². The molecular weight excluding hydrogens is 202 g/mol. The van der Waals surface area contributed by atoms with Crippen molar-refractivity contribution in [3.63, 3.8) is 0 Å². The van der Waals surface area contributed by atoms with Gasteiger partial charge in [-0.25, -0.2) is 4.98 Å². The minimum absolute atomic E-state index is 0.651. The van der Waals surface area contributed by atoms with E-state index in [1.54, 1.807) is 12.4 Å². The summed E-state index contributed by atoms with van der Waals surface area (Å²) in [6, 6.07) is 5.98. The van der Waals surface area contributed by atoms with E-state index in [9.17, 15) is 0 Å². The van der Waals surface area contributed by atoms with Crippen molar-refractivity contribution in [2.24, 2.45) is 0 Å². The van der Waals surface area contributed by atoms with E-state index in [2.05, 4.69) is 26.1 Å². The second-order valence-corrected chi connectivity index (χ2v) is 3.78. The number of aromatic nitrogens is 3. The van der Waals surface area contributed by atoms with Crippen molar-refractivity contribution >= 4 is 11.6 Å². The van der Waals surface area contributed by atoms with Gasteiger partial charge >= 0.3 is 0 Å². The molecule has 2 heterocycles. The average molecular weight is 213 g/mol. The van der Waals surface area contributed by atoms with Crippen LogP contribution in [0.4, 0.5) is 11.6 Å². The summed E-state index contributed by atoms with van der Waals surface area (Å²) in [5, 5.41) is 7.83. The molecule has 0 radical (unpaired) electrons. The smallest absolute Gasteiger partial charge is 0.245 e. The van der Waals surface area contributed by atoms with Gasteiger partial charge in [-0.2, -0.15) is 5.10 Å². The molecule has 2 N–H and O–H groups in total. The fraction of sp³-hybridized carbons (Fsp3) is 0.182. The molecule has 0 atom stereocenters. The van der Waals surface area contributed by atoms with Gasteiger partial charge in [0.2, 0.25) is 5.95 Å². The molecule has 1 aromatic heterocycles. The lowest BCUT2D eigenvalue weighted by molar-refractivity contribution is 0.798. The van der Waals surface area contributed by atoms with Crippen molar-refractivity contribution in [3.8, 4) is 0 Å². The Morgan fingerprint density at radius 3 is 2.88 bits per heavy atom. The fourth-order valence-corrected chi connectivity index (χ4v) is 1.97. The third-order valence-corrected chi connectivity index (χ3v) is 2.77. The van der Waals surface area contributed by atoms with E-state index in [4.69, 9.17) is 5.73 Å². The zero-order chi connectivity index (χ0) is 11.0. The van der Waals surface area contributed by atoms with Crippen molar-refractivity contribution in [2.75, 3.05) is 10.6 Å². The van der Waals surface area contributed by atoms with Crippen LogP contribution in [-0.2, 0) is 13.1 Å². The lowest BCUT2D eigenvalue weighted by atomic mass is 10.1. The third-order valence-electron chi connectivity index (χ3n) is 2.77. The number of rotatable bonds is 1. The molecule has 1 aliphatic heterocycles. The van der Waals surface area contributed by atoms with Crippen molar-refractivity contribution in [2.45, 2.75) is 13.1 Å². The summed E-state index contributed by atoms with van der Waals surface area (Å²) in [5.41, 5.74) is 9.18. The Morgan fingerprint density at radius 1 is 1.19 bits per heavy atom. The molecule has 0 saturated heterocycles. The first-order chi connectivity index (χ1) is 7.84. The minimum Gasteiger partial charge on any atom is -0.398 e. The van der Waals surface area contributed by atoms with Gasteiger partial charge < -0.3 is 10.6 Å². The molecule has 5 heteroatoms. The van der Waals surface area contributed by atoms with Gasteiger partial charge in [0.15, 0.2) is 0 Å². The van der Waals surface area contributed by atoms with Crippen molar-refractivity contribution in [3.05, 3.63) is 41.7 Å². The Balaban J connectivity index is 1.94. The van der Waals surface area contributed by atoms with E-state index in [0.717, 1.165) is 18.8 Å². The standard InChI is InChI=1S/C11H11N5/c12-10-3-1-2-8-6-16(7-9(8)10)11-13-4-5-14-15-11/h1-5H,6-7,12H2. The summed E-state index contributed by atoms with van der Waals surface area (Å²) in [5.74, 6) is 0.651. The van der Waals surface area contributed by atoms with Crippen LogP contribution in [0.25, 0.3) is 0 Å². The number of hydrogen-bond acceptors (Lipinski definition) is 5. The summed E-state index contributed by atoms with van der Waals surface area (Å²) in [6.45, 7) is 1.56. The van der Waals surface area contributed by atoms with Crippen LogP contribution in [-0.4, -0.2) is 15.2 Å². The lowest BCUT2D eigenvalue weighted by Gasteiger charge is -2.13. The second-order valence-electron chi connectivity index (χ2n) is 3.78. The Hall–Kier alpha value is -2.17. The van der Waals surface area contributed by atoms with Crippen molar-refractivity contribution in [1.82, 2.24) is 15.2 Å². The SMILES string of the molecule is Nc1cccc2c1CN(c1nccnn1)C2. The van der Waals surface area contributed by atoms with Crippen LogP contribution < -0.4 is 10.6 Å². The summed E-state index contributed by atoms with van der Waals surface area (Å²) < 4.78 is 0. The van der Waals surface area contributed by atoms with E-state index in [-0.39, 0.29) is 0 Å². The summed E-state index contributed by atoms with van der Waals surface area (Å²) in [6.07, 6.45) is 3.22. The van der Waals surface area contributed by atoms with Crippen LogP contribution in [0.5, 0.6) is 0 Å². The highest BCUT2D eigenvalue weighted by molar-refractivity contribution is 5.56. The normalized spacial score (nSPS) is 13.9. The lowest BCUT2D eigenvalue weighted by Crippen LogP contribution is -2.17. The second kappa shape index (κ2) is 3.44. The maximum absolute atomic E-state index is 5.93. The maximum atomic E-state index is 5.93. The summed E-state index contributed by atoms with van der Waals surface area (Å²) in [4.78, 5) is 6.25. The predicted octanol–water partition coefficient (Wildman–Crippen LogP) is 0.974. The van der Waals surface area contributed by atoms with E-state index in [1.165, 1.54) is 11.1 Å². The molecule has 5 nitrogen and oxygen atoms in total. The Bertz CT molecular complexity index is 511. The molecule has 0 amide bonds. The van der Waals surface area contributed by atoms with Gasteiger partial charge in [0, 0.05) is 18.8 Å². The van der Waals surface area contributed by atoms with Gasteiger partial charge in [0.25, 0.3) is 0 Å². The zero-order valence-electron chi connectivity index (χ0n) is 8.67. The number of nitrogens with zero attached hydrogens (tertiary/aromatic N) is 4. The molecule has 16 heavy (non-hydrogen) atoms. The van der Waals surface area contributed by atoms with Crippen LogP contribution in [0.1, 0.15) is 11.1 Å². The average Bonchev–Trinajstić information content (AvgIpc) is 2.76. The van der Waals surface area contributed by atoms with E-state index >= 15 is 0 Å². The van der Waals surface area contributed by atoms with Gasteiger partial charge in [-0.05, 0) is 17.2 Å². The van der Waals surface area contributed by atoms with Gasteiger partial charge in [0.1, 0.15) is 0 Å². The molecule has 1 aromatic carbocycles. The molecule has 1 aliphatic rings. The van der Waals surface area contributed by atoms with Crippen LogP contribution in [0.3, 0.4) is 0 Å². The van der Waals surface area contributed by atoms with E-state index in [1.807, 2.05) is 12.1 Å². The van der Waals surface area contributed by atoms with E-state index in [0.29, 0.717) is 5.95 Å². The molecule has 0 fully saturated rings. The van der Waals surface area contributed by atoms with Crippen LogP contribution in [0.15, 0.2) is 30.6 Å². The number of benzene rings is 1. The molecule has 0 bridgehead atoms. The first-order valence-corrected chi connectivity index (χ1v) is 5.09. The molecule has 0 unspecified atom stereocenters. The number of fused-ring (bicyclic) bond motifs is 1. The Kier molecular flexibility index (Phi) is 1.96. The molecule has 80 valence electrons. The van der Waals surface area contributed by atoms with Gasteiger partial charge in [0.05, 0.1) is 12.4 Å². The van der Waals surface area contributed by atoms with Gasteiger partial charge in [-0.3, -0.25) is 0 Å².